The van der Waals surface area contributed by atoms with E-state index in [9.17, 15) is 18.0 Å². The molecule has 10 heteroatoms. The van der Waals surface area contributed by atoms with Gasteiger partial charge in [0, 0.05) is 38.0 Å². The standard InChI is InChI=1S/C25H35N3O6S/c1-5-20-22-21(8-6-14-33-15-7-13-26-23(22)29)28(27-20)16-25(2,3)17-34-24(30)18-9-11-19(12-10-18)35(4,31)32/h9-12H,5-8,13-17H2,1-4H3,(H,26,29). The van der Waals surface area contributed by atoms with E-state index in [2.05, 4.69) is 5.32 Å². The van der Waals surface area contributed by atoms with Crippen LogP contribution in [0.1, 0.15) is 65.7 Å². The van der Waals surface area contributed by atoms with Crippen LogP contribution in [0.3, 0.4) is 0 Å². The van der Waals surface area contributed by atoms with Gasteiger partial charge in [-0.25, -0.2) is 13.2 Å². The summed E-state index contributed by atoms with van der Waals surface area (Å²) in [5.74, 6) is -0.629. The lowest BCUT2D eigenvalue weighted by molar-refractivity contribution is 0.0304. The van der Waals surface area contributed by atoms with Crippen molar-refractivity contribution >= 4 is 21.7 Å². The second-order valence-corrected chi connectivity index (χ2v) is 11.7. The Morgan fingerprint density at radius 1 is 1.20 bits per heavy atom. The maximum absolute atomic E-state index is 12.9. The van der Waals surface area contributed by atoms with E-state index in [0.717, 1.165) is 30.5 Å². The van der Waals surface area contributed by atoms with Crippen LogP contribution < -0.4 is 5.32 Å². The highest BCUT2D eigenvalue weighted by atomic mass is 32.2. The van der Waals surface area contributed by atoms with E-state index in [-0.39, 0.29) is 23.0 Å². The number of amides is 1. The molecule has 2 heterocycles. The molecule has 0 radical (unpaired) electrons. The van der Waals surface area contributed by atoms with Gasteiger partial charge in [-0.3, -0.25) is 9.48 Å². The predicted octanol–water partition coefficient (Wildman–Crippen LogP) is 2.81. The molecule has 9 nitrogen and oxygen atoms in total. The summed E-state index contributed by atoms with van der Waals surface area (Å²) >= 11 is 0. The molecule has 1 aliphatic heterocycles. The summed E-state index contributed by atoms with van der Waals surface area (Å²) in [5, 5.41) is 7.73. The van der Waals surface area contributed by atoms with Crippen LogP contribution in [0.2, 0.25) is 0 Å². The second-order valence-electron chi connectivity index (χ2n) is 9.64. The number of ether oxygens (including phenoxy) is 2. The molecule has 0 fully saturated rings. The Labute approximate surface area is 207 Å². The highest BCUT2D eigenvalue weighted by Crippen LogP contribution is 2.25. The van der Waals surface area contributed by atoms with Crippen LogP contribution in [0, 0.1) is 5.41 Å². The molecule has 0 atom stereocenters. The molecule has 0 saturated carbocycles. The average molecular weight is 506 g/mol. The Balaban J connectivity index is 1.74. The van der Waals surface area contributed by atoms with Gasteiger partial charge in [-0.2, -0.15) is 5.10 Å². The SMILES string of the molecule is CCc1nn(CC(C)(C)COC(=O)c2ccc(S(C)(=O)=O)cc2)c2c1C(=O)NCCCOCCC2. The van der Waals surface area contributed by atoms with Gasteiger partial charge in [0.15, 0.2) is 9.84 Å². The quantitative estimate of drug-likeness (QED) is 0.575. The molecule has 3 rings (SSSR count). The lowest BCUT2D eigenvalue weighted by Crippen LogP contribution is -2.29. The first-order valence-corrected chi connectivity index (χ1v) is 13.8. The predicted molar refractivity (Wildman–Crippen MR) is 131 cm³/mol. The van der Waals surface area contributed by atoms with Gasteiger partial charge in [-0.1, -0.05) is 20.8 Å². The van der Waals surface area contributed by atoms with Crippen LogP contribution in [-0.4, -0.2) is 62.7 Å². The van der Waals surface area contributed by atoms with E-state index < -0.39 is 21.2 Å². The zero-order chi connectivity index (χ0) is 25.6. The van der Waals surface area contributed by atoms with Crippen molar-refractivity contribution < 1.29 is 27.5 Å². The minimum Gasteiger partial charge on any atom is -0.461 e. The number of carbonyl (C=O) groups excluding carboxylic acids is 2. The van der Waals surface area contributed by atoms with Gasteiger partial charge in [0.1, 0.15) is 0 Å². The number of carbonyl (C=O) groups is 2. The molecule has 0 saturated heterocycles. The highest BCUT2D eigenvalue weighted by molar-refractivity contribution is 7.90. The highest BCUT2D eigenvalue weighted by Gasteiger charge is 2.28. The summed E-state index contributed by atoms with van der Waals surface area (Å²) in [6.07, 6.45) is 3.97. The minimum atomic E-state index is -3.34. The maximum atomic E-state index is 12.9. The van der Waals surface area contributed by atoms with E-state index in [0.29, 0.717) is 44.7 Å². The van der Waals surface area contributed by atoms with Gasteiger partial charge in [-0.05, 0) is 49.9 Å². The molecular weight excluding hydrogens is 470 g/mol. The fourth-order valence-corrected chi connectivity index (χ4v) is 4.62. The minimum absolute atomic E-state index is 0.105. The Kier molecular flexibility index (Phi) is 8.71. The topological polar surface area (TPSA) is 117 Å². The number of nitrogens with zero attached hydrogens (tertiary/aromatic N) is 2. The lowest BCUT2D eigenvalue weighted by atomic mass is 9.94. The normalized spacial score (nSPS) is 15.6. The molecule has 35 heavy (non-hydrogen) atoms. The molecule has 0 bridgehead atoms. The van der Waals surface area contributed by atoms with Gasteiger partial charge in [0.25, 0.3) is 5.91 Å². The molecule has 1 aliphatic rings. The lowest BCUT2D eigenvalue weighted by Gasteiger charge is -2.25. The first-order valence-electron chi connectivity index (χ1n) is 11.9. The van der Waals surface area contributed by atoms with Crippen molar-refractivity contribution in [3.05, 3.63) is 46.8 Å². The number of rotatable bonds is 7. The van der Waals surface area contributed by atoms with Gasteiger partial charge in [-0.15, -0.1) is 0 Å². The summed E-state index contributed by atoms with van der Waals surface area (Å²) in [6, 6.07) is 5.69. The number of fused-ring (bicyclic) bond motifs is 1. The maximum Gasteiger partial charge on any atom is 0.338 e. The van der Waals surface area contributed by atoms with Crippen molar-refractivity contribution in [1.82, 2.24) is 15.1 Å². The molecule has 1 aromatic carbocycles. The summed E-state index contributed by atoms with van der Waals surface area (Å²) in [6.45, 7) is 8.32. The van der Waals surface area contributed by atoms with Crippen LogP contribution in [-0.2, 0) is 38.7 Å². The van der Waals surface area contributed by atoms with Crippen molar-refractivity contribution in [2.24, 2.45) is 5.41 Å². The third-order valence-electron chi connectivity index (χ3n) is 5.84. The van der Waals surface area contributed by atoms with Gasteiger partial charge in [0.05, 0.1) is 34.0 Å². The zero-order valence-electron chi connectivity index (χ0n) is 20.9. The second kappa shape index (κ2) is 11.3. The van der Waals surface area contributed by atoms with Crippen molar-refractivity contribution in [2.75, 3.05) is 32.6 Å². The number of hydrogen-bond donors (Lipinski definition) is 1. The molecule has 0 unspecified atom stereocenters. The molecule has 1 N–H and O–H groups in total. The van der Waals surface area contributed by atoms with Crippen LogP contribution in [0.5, 0.6) is 0 Å². The fraction of sp³-hybridized carbons (Fsp3) is 0.560. The van der Waals surface area contributed by atoms with Crippen molar-refractivity contribution in [1.29, 1.82) is 0 Å². The number of benzene rings is 1. The third kappa shape index (κ3) is 7.14. The van der Waals surface area contributed by atoms with Crippen LogP contribution in [0.4, 0.5) is 0 Å². The van der Waals surface area contributed by atoms with Crippen molar-refractivity contribution in [3.8, 4) is 0 Å². The molecule has 1 aromatic heterocycles. The summed E-state index contributed by atoms with van der Waals surface area (Å²) in [5.41, 5.74) is 2.10. The number of aryl methyl sites for hydroxylation is 1. The largest absolute Gasteiger partial charge is 0.461 e. The van der Waals surface area contributed by atoms with E-state index >= 15 is 0 Å². The number of aromatic nitrogens is 2. The molecule has 2 aromatic rings. The summed E-state index contributed by atoms with van der Waals surface area (Å²) in [7, 11) is -3.34. The summed E-state index contributed by atoms with van der Waals surface area (Å²) in [4.78, 5) is 25.6. The molecular formula is C25H35N3O6S. The Morgan fingerprint density at radius 2 is 1.89 bits per heavy atom. The molecule has 0 spiro atoms. The van der Waals surface area contributed by atoms with Crippen LogP contribution in [0.15, 0.2) is 29.2 Å². The molecule has 1 amide bonds. The number of esters is 1. The monoisotopic (exact) mass is 505 g/mol. The van der Waals surface area contributed by atoms with Crippen molar-refractivity contribution in [2.45, 2.75) is 57.9 Å². The third-order valence-corrected chi connectivity index (χ3v) is 6.96. The van der Waals surface area contributed by atoms with Gasteiger partial charge in [0.2, 0.25) is 0 Å². The molecule has 0 aliphatic carbocycles. The number of sulfone groups is 1. The van der Waals surface area contributed by atoms with E-state index in [1.807, 2.05) is 25.5 Å². The van der Waals surface area contributed by atoms with Gasteiger partial charge >= 0.3 is 5.97 Å². The first kappa shape index (κ1) is 26.9. The molecule has 192 valence electrons. The number of nitrogens with one attached hydrogen (secondary N) is 1. The average Bonchev–Trinajstić information content (AvgIpc) is 3.13. The number of hydrogen-bond acceptors (Lipinski definition) is 7. The van der Waals surface area contributed by atoms with E-state index in [4.69, 9.17) is 14.6 Å². The smallest absolute Gasteiger partial charge is 0.338 e. The van der Waals surface area contributed by atoms with Gasteiger partial charge < -0.3 is 14.8 Å². The first-order chi connectivity index (χ1) is 16.5. The van der Waals surface area contributed by atoms with E-state index in [1.54, 1.807) is 0 Å². The zero-order valence-corrected chi connectivity index (χ0v) is 21.7. The van der Waals surface area contributed by atoms with Crippen molar-refractivity contribution in [3.63, 3.8) is 0 Å². The Bertz CT molecular complexity index is 1150. The van der Waals surface area contributed by atoms with E-state index in [1.165, 1.54) is 24.3 Å². The van der Waals surface area contributed by atoms with Crippen LogP contribution >= 0.6 is 0 Å². The Hall–Kier alpha value is -2.72. The Morgan fingerprint density at radius 3 is 2.54 bits per heavy atom. The fourth-order valence-electron chi connectivity index (χ4n) is 3.99. The summed E-state index contributed by atoms with van der Waals surface area (Å²) < 4.78 is 36.3. The van der Waals surface area contributed by atoms with Crippen LogP contribution in [0.25, 0.3) is 0 Å².